The van der Waals surface area contributed by atoms with Crippen molar-refractivity contribution in [2.75, 3.05) is 13.2 Å². The molecule has 1 aromatic carbocycles. The predicted molar refractivity (Wildman–Crippen MR) is 90.8 cm³/mol. The maximum Gasteiger partial charge on any atom is 0.407 e. The van der Waals surface area contributed by atoms with Crippen molar-refractivity contribution < 1.29 is 19.1 Å². The second-order valence-corrected chi connectivity index (χ2v) is 7.05. The molecule has 7 heteroatoms. The van der Waals surface area contributed by atoms with Gasteiger partial charge in [0.15, 0.2) is 0 Å². The number of hydrogen-bond donors (Lipinski definition) is 1. The van der Waals surface area contributed by atoms with Crippen LogP contribution in [0.3, 0.4) is 0 Å². The van der Waals surface area contributed by atoms with Gasteiger partial charge in [0, 0.05) is 6.42 Å². The van der Waals surface area contributed by atoms with Gasteiger partial charge in [-0.1, -0.05) is 17.3 Å². The smallest absolute Gasteiger partial charge is 0.407 e. The van der Waals surface area contributed by atoms with Crippen molar-refractivity contribution in [2.45, 2.75) is 38.9 Å². The Bertz CT molecular complexity index is 584. The first-order valence-corrected chi connectivity index (χ1v) is 8.18. The molecule has 0 fully saturated rings. The number of benzene rings is 1. The van der Waals surface area contributed by atoms with Crippen molar-refractivity contribution >= 4 is 27.7 Å². The number of para-hydroxylation sites is 1. The minimum atomic E-state index is -0.515. The van der Waals surface area contributed by atoms with Crippen LogP contribution in [0.5, 0.6) is 5.75 Å². The largest absolute Gasteiger partial charge is 0.486 e. The van der Waals surface area contributed by atoms with Crippen LogP contribution in [-0.4, -0.2) is 36.7 Å². The van der Waals surface area contributed by atoms with Crippen LogP contribution < -0.4 is 10.1 Å². The fourth-order valence-corrected chi connectivity index (χ4v) is 2.31. The summed E-state index contributed by atoms with van der Waals surface area (Å²) in [7, 11) is 0. The molecule has 0 saturated carbocycles. The Morgan fingerprint density at radius 3 is 2.87 bits per heavy atom. The third-order valence-corrected chi connectivity index (χ3v) is 3.55. The summed E-state index contributed by atoms with van der Waals surface area (Å²) in [6.07, 6.45) is -0.0420. The van der Waals surface area contributed by atoms with E-state index in [2.05, 4.69) is 26.4 Å². The van der Waals surface area contributed by atoms with Gasteiger partial charge in [-0.25, -0.2) is 4.79 Å². The van der Waals surface area contributed by atoms with Gasteiger partial charge < -0.3 is 19.6 Å². The molecule has 0 saturated heterocycles. The third-order valence-electron chi connectivity index (χ3n) is 2.90. The maximum absolute atomic E-state index is 11.6. The topological polar surface area (TPSA) is 69.2 Å². The molecule has 0 spiro atoms. The Morgan fingerprint density at radius 2 is 2.17 bits per heavy atom. The molecule has 1 aliphatic heterocycles. The summed E-state index contributed by atoms with van der Waals surface area (Å²) in [5.41, 5.74) is 0.288. The Balaban J connectivity index is 1.70. The van der Waals surface area contributed by atoms with Crippen molar-refractivity contribution in [3.05, 3.63) is 28.7 Å². The van der Waals surface area contributed by atoms with E-state index in [0.717, 1.165) is 15.9 Å². The highest BCUT2D eigenvalue weighted by atomic mass is 79.9. The van der Waals surface area contributed by atoms with Gasteiger partial charge in [-0.2, -0.15) is 0 Å². The molecule has 1 atom stereocenters. The van der Waals surface area contributed by atoms with E-state index in [9.17, 15) is 4.79 Å². The number of alkyl carbamates (subject to hydrolysis) is 1. The highest BCUT2D eigenvalue weighted by Crippen LogP contribution is 2.24. The third kappa shape index (κ3) is 6.09. The van der Waals surface area contributed by atoms with E-state index in [1.165, 1.54) is 0 Å². The van der Waals surface area contributed by atoms with E-state index in [4.69, 9.17) is 14.3 Å². The van der Waals surface area contributed by atoms with Gasteiger partial charge in [-0.05, 0) is 48.8 Å². The summed E-state index contributed by atoms with van der Waals surface area (Å²) in [5, 5.41) is 6.68. The lowest BCUT2D eigenvalue weighted by Crippen LogP contribution is -2.37. The minimum absolute atomic E-state index is 0.194. The minimum Gasteiger partial charge on any atom is -0.486 e. The summed E-state index contributed by atoms with van der Waals surface area (Å²) < 4.78 is 11.8. The molecule has 0 radical (unpaired) electrons. The maximum atomic E-state index is 11.6. The van der Waals surface area contributed by atoms with Crippen molar-refractivity contribution in [3.63, 3.8) is 0 Å². The van der Waals surface area contributed by atoms with Crippen LogP contribution in [0.2, 0.25) is 0 Å². The number of rotatable bonds is 5. The van der Waals surface area contributed by atoms with Gasteiger partial charge in [0.2, 0.25) is 0 Å². The molecule has 1 unspecified atom stereocenters. The van der Waals surface area contributed by atoms with E-state index >= 15 is 0 Å². The molecule has 126 valence electrons. The van der Waals surface area contributed by atoms with Crippen LogP contribution in [0.1, 0.15) is 27.2 Å². The van der Waals surface area contributed by atoms with Crippen LogP contribution in [0, 0.1) is 0 Å². The Morgan fingerprint density at radius 1 is 1.43 bits per heavy atom. The van der Waals surface area contributed by atoms with Crippen LogP contribution >= 0.6 is 15.9 Å². The summed E-state index contributed by atoms with van der Waals surface area (Å²) in [6.45, 7) is 6.15. The molecule has 2 rings (SSSR count). The second kappa shape index (κ2) is 7.68. The number of carbonyl (C=O) groups excluding carboxylic acids is 1. The molecule has 0 aliphatic carbocycles. The quantitative estimate of drug-likeness (QED) is 0.843. The zero-order valence-electron chi connectivity index (χ0n) is 13.5. The second-order valence-electron chi connectivity index (χ2n) is 6.19. The summed E-state index contributed by atoms with van der Waals surface area (Å²) in [5.74, 6) is 0.755. The van der Waals surface area contributed by atoms with Crippen molar-refractivity contribution in [1.82, 2.24) is 5.32 Å². The summed E-state index contributed by atoms with van der Waals surface area (Å²) in [6, 6.07) is 7.62. The van der Waals surface area contributed by atoms with Gasteiger partial charge >= 0.3 is 6.09 Å². The molecule has 23 heavy (non-hydrogen) atoms. The number of ether oxygens (including phenoxy) is 2. The lowest BCUT2D eigenvalue weighted by molar-refractivity contribution is 0.0439. The molecule has 1 aliphatic rings. The van der Waals surface area contributed by atoms with Crippen LogP contribution in [0.4, 0.5) is 4.79 Å². The number of carbonyl (C=O) groups is 1. The highest BCUT2D eigenvalue weighted by Gasteiger charge is 2.23. The molecule has 0 bridgehead atoms. The molecule has 1 heterocycles. The lowest BCUT2D eigenvalue weighted by atomic mass is 10.2. The number of oxime groups is 1. The Labute approximate surface area is 144 Å². The van der Waals surface area contributed by atoms with Crippen LogP contribution in [0.15, 0.2) is 33.9 Å². The number of amides is 1. The molecule has 6 nitrogen and oxygen atoms in total. The van der Waals surface area contributed by atoms with Gasteiger partial charge in [0.05, 0.1) is 16.7 Å². The predicted octanol–water partition coefficient (Wildman–Crippen LogP) is 3.50. The monoisotopic (exact) mass is 384 g/mol. The zero-order chi connectivity index (χ0) is 16.9. The lowest BCUT2D eigenvalue weighted by Gasteiger charge is -2.20. The highest BCUT2D eigenvalue weighted by molar-refractivity contribution is 9.10. The van der Waals surface area contributed by atoms with Crippen LogP contribution in [0.25, 0.3) is 0 Å². The standard InChI is InChI=1S/C16H21BrN2O4/c1-16(2,3)22-15(20)18-9-12-8-11(19-23-12)10-21-14-7-5-4-6-13(14)17/h4-7,12H,8-10H2,1-3H3,(H,18,20). The average molecular weight is 385 g/mol. The molecule has 1 N–H and O–H groups in total. The van der Waals surface area contributed by atoms with E-state index in [1.54, 1.807) is 0 Å². The van der Waals surface area contributed by atoms with Gasteiger partial charge in [0.1, 0.15) is 24.1 Å². The normalized spacial score (nSPS) is 17.2. The average Bonchev–Trinajstić information content (AvgIpc) is 2.90. The first-order valence-electron chi connectivity index (χ1n) is 7.39. The molecular weight excluding hydrogens is 364 g/mol. The number of halogens is 1. The first kappa shape index (κ1) is 17.6. The number of hydrogen-bond acceptors (Lipinski definition) is 5. The molecule has 1 amide bonds. The van der Waals surface area contributed by atoms with Gasteiger partial charge in [-0.3, -0.25) is 0 Å². The molecule has 1 aromatic rings. The van der Waals surface area contributed by atoms with E-state index in [1.807, 2.05) is 45.0 Å². The summed E-state index contributed by atoms with van der Waals surface area (Å²) in [4.78, 5) is 16.9. The fourth-order valence-electron chi connectivity index (χ4n) is 1.92. The van der Waals surface area contributed by atoms with Crippen LogP contribution in [-0.2, 0) is 9.57 Å². The van der Waals surface area contributed by atoms with Gasteiger partial charge in [0.25, 0.3) is 0 Å². The fraction of sp³-hybridized carbons (Fsp3) is 0.500. The number of nitrogens with one attached hydrogen (secondary N) is 1. The SMILES string of the molecule is CC(C)(C)OC(=O)NCC1CC(COc2ccccc2Br)=NO1. The van der Waals surface area contributed by atoms with E-state index < -0.39 is 11.7 Å². The molecular formula is C16H21BrN2O4. The van der Waals surface area contributed by atoms with Crippen molar-refractivity contribution in [2.24, 2.45) is 5.16 Å². The first-order chi connectivity index (χ1) is 10.8. The molecule has 0 aromatic heterocycles. The Kier molecular flexibility index (Phi) is 5.87. The van der Waals surface area contributed by atoms with E-state index in [0.29, 0.717) is 19.6 Å². The van der Waals surface area contributed by atoms with Crippen molar-refractivity contribution in [1.29, 1.82) is 0 Å². The number of nitrogens with zero attached hydrogens (tertiary/aromatic N) is 1. The zero-order valence-corrected chi connectivity index (χ0v) is 15.1. The van der Waals surface area contributed by atoms with E-state index in [-0.39, 0.29) is 6.10 Å². The van der Waals surface area contributed by atoms with Gasteiger partial charge in [-0.15, -0.1) is 0 Å². The van der Waals surface area contributed by atoms with Crippen molar-refractivity contribution in [3.8, 4) is 5.75 Å². The Hall–Kier alpha value is -1.76. The summed E-state index contributed by atoms with van der Waals surface area (Å²) >= 11 is 3.42.